The van der Waals surface area contributed by atoms with Gasteiger partial charge in [-0.3, -0.25) is 0 Å². The average molecular weight is 341 g/mol. The van der Waals surface area contributed by atoms with Crippen LogP contribution in [0.4, 0.5) is 0 Å². The summed E-state index contributed by atoms with van der Waals surface area (Å²) in [5, 5.41) is 8.47. The van der Waals surface area contributed by atoms with Crippen LogP contribution < -0.4 is 0 Å². The molecule has 1 unspecified atom stereocenters. The van der Waals surface area contributed by atoms with Gasteiger partial charge in [-0.05, 0) is 19.3 Å². The predicted octanol–water partition coefficient (Wildman–Crippen LogP) is 5.65. The SMILES string of the molecule is CCCCCCCCCCCCCC(CC)OC(=O)/C=C/C(=O)O. The molecule has 24 heavy (non-hydrogen) atoms. The number of unbranched alkanes of at least 4 members (excludes halogenated alkanes) is 10. The Kier molecular flexibility index (Phi) is 15.6. The quantitative estimate of drug-likeness (QED) is 0.224. The number of esters is 1. The molecule has 0 bridgehead atoms. The monoisotopic (exact) mass is 340 g/mol. The van der Waals surface area contributed by atoms with Crippen LogP contribution in [0.5, 0.6) is 0 Å². The third-order valence-electron chi connectivity index (χ3n) is 4.23. The van der Waals surface area contributed by atoms with Gasteiger partial charge in [0.1, 0.15) is 6.10 Å². The number of hydrogen-bond acceptors (Lipinski definition) is 3. The summed E-state index contributed by atoms with van der Waals surface area (Å²) in [6, 6.07) is 0. The largest absolute Gasteiger partial charge is 0.478 e. The Morgan fingerprint density at radius 1 is 0.833 bits per heavy atom. The molecule has 4 nitrogen and oxygen atoms in total. The van der Waals surface area contributed by atoms with Crippen molar-refractivity contribution < 1.29 is 19.4 Å². The second kappa shape index (κ2) is 16.5. The molecule has 0 saturated heterocycles. The van der Waals surface area contributed by atoms with Crippen LogP contribution in [0.1, 0.15) is 97.3 Å². The fourth-order valence-electron chi connectivity index (χ4n) is 2.73. The van der Waals surface area contributed by atoms with E-state index in [0.717, 1.165) is 31.4 Å². The predicted molar refractivity (Wildman–Crippen MR) is 98.0 cm³/mol. The minimum Gasteiger partial charge on any atom is -0.478 e. The molecule has 0 fully saturated rings. The topological polar surface area (TPSA) is 63.6 Å². The second-order valence-electron chi connectivity index (χ2n) is 6.46. The third-order valence-corrected chi connectivity index (χ3v) is 4.23. The van der Waals surface area contributed by atoms with E-state index in [4.69, 9.17) is 9.84 Å². The first-order valence-electron chi connectivity index (χ1n) is 9.71. The number of aliphatic carboxylic acids is 1. The van der Waals surface area contributed by atoms with Crippen molar-refractivity contribution in [3.63, 3.8) is 0 Å². The smallest absolute Gasteiger partial charge is 0.331 e. The van der Waals surface area contributed by atoms with Crippen LogP contribution in [0.15, 0.2) is 12.2 Å². The number of ether oxygens (including phenoxy) is 1. The van der Waals surface area contributed by atoms with Crippen molar-refractivity contribution in [1.82, 2.24) is 0 Å². The van der Waals surface area contributed by atoms with Gasteiger partial charge in [-0.2, -0.15) is 0 Å². The highest BCUT2D eigenvalue weighted by molar-refractivity contribution is 5.90. The van der Waals surface area contributed by atoms with Crippen LogP contribution in [0, 0.1) is 0 Å². The summed E-state index contributed by atoms with van der Waals surface area (Å²) >= 11 is 0. The Hall–Kier alpha value is -1.32. The highest BCUT2D eigenvalue weighted by Gasteiger charge is 2.10. The Bertz CT molecular complexity index is 350. The van der Waals surface area contributed by atoms with Gasteiger partial charge in [0, 0.05) is 12.2 Å². The van der Waals surface area contributed by atoms with Gasteiger partial charge in [-0.1, -0.05) is 78.1 Å². The summed E-state index contributed by atoms with van der Waals surface area (Å²) in [5.41, 5.74) is 0. The summed E-state index contributed by atoms with van der Waals surface area (Å²) in [5.74, 6) is -1.70. The summed E-state index contributed by atoms with van der Waals surface area (Å²) in [7, 11) is 0. The molecular weight excluding hydrogens is 304 g/mol. The molecule has 0 saturated carbocycles. The van der Waals surface area contributed by atoms with E-state index in [-0.39, 0.29) is 6.10 Å². The lowest BCUT2D eigenvalue weighted by Gasteiger charge is -2.14. The number of rotatable bonds is 16. The molecule has 0 spiro atoms. The lowest BCUT2D eigenvalue weighted by molar-refractivity contribution is -0.144. The van der Waals surface area contributed by atoms with Crippen LogP contribution in [0.2, 0.25) is 0 Å². The fourth-order valence-corrected chi connectivity index (χ4v) is 2.73. The van der Waals surface area contributed by atoms with Crippen molar-refractivity contribution in [2.75, 3.05) is 0 Å². The standard InChI is InChI=1S/C20H36O4/c1-3-5-6-7-8-9-10-11-12-13-14-15-18(4-2)24-20(23)17-16-19(21)22/h16-18H,3-15H2,1-2H3,(H,21,22)/b17-16+. The van der Waals surface area contributed by atoms with E-state index in [1.54, 1.807) is 0 Å². The summed E-state index contributed by atoms with van der Waals surface area (Å²) in [6.45, 7) is 4.23. The van der Waals surface area contributed by atoms with Crippen LogP contribution >= 0.6 is 0 Å². The van der Waals surface area contributed by atoms with E-state index in [1.165, 1.54) is 64.2 Å². The van der Waals surface area contributed by atoms with Crippen molar-refractivity contribution in [3.8, 4) is 0 Å². The zero-order valence-corrected chi connectivity index (χ0v) is 15.6. The first-order valence-corrected chi connectivity index (χ1v) is 9.71. The Morgan fingerprint density at radius 3 is 1.79 bits per heavy atom. The molecule has 1 atom stereocenters. The number of carboxylic acids is 1. The lowest BCUT2D eigenvalue weighted by atomic mass is 10.0. The van der Waals surface area contributed by atoms with Crippen LogP contribution in [-0.2, 0) is 14.3 Å². The van der Waals surface area contributed by atoms with Gasteiger partial charge in [0.15, 0.2) is 0 Å². The molecule has 0 aromatic heterocycles. The van der Waals surface area contributed by atoms with E-state index in [0.29, 0.717) is 0 Å². The van der Waals surface area contributed by atoms with E-state index < -0.39 is 11.9 Å². The maximum atomic E-state index is 11.4. The number of carbonyl (C=O) groups excluding carboxylic acids is 1. The summed E-state index contributed by atoms with van der Waals surface area (Å²) in [6.07, 6.45) is 17.6. The van der Waals surface area contributed by atoms with E-state index in [9.17, 15) is 9.59 Å². The van der Waals surface area contributed by atoms with Crippen molar-refractivity contribution in [2.24, 2.45) is 0 Å². The highest BCUT2D eigenvalue weighted by atomic mass is 16.5. The van der Waals surface area contributed by atoms with Gasteiger partial charge in [0.2, 0.25) is 0 Å². The minimum atomic E-state index is -1.13. The Balaban J connectivity index is 3.53. The summed E-state index contributed by atoms with van der Waals surface area (Å²) < 4.78 is 5.25. The summed E-state index contributed by atoms with van der Waals surface area (Å²) in [4.78, 5) is 21.8. The Morgan fingerprint density at radius 2 is 1.33 bits per heavy atom. The van der Waals surface area contributed by atoms with Crippen molar-refractivity contribution in [3.05, 3.63) is 12.2 Å². The van der Waals surface area contributed by atoms with Gasteiger partial charge in [-0.25, -0.2) is 9.59 Å². The Labute approximate surface area is 147 Å². The molecule has 0 aliphatic rings. The van der Waals surface area contributed by atoms with E-state index in [2.05, 4.69) is 6.92 Å². The molecule has 0 rings (SSSR count). The molecular formula is C20H36O4. The van der Waals surface area contributed by atoms with Crippen molar-refractivity contribution in [2.45, 2.75) is 103 Å². The number of carboxylic acid groups (broad SMARTS) is 1. The first kappa shape index (κ1) is 22.7. The molecule has 0 aliphatic heterocycles. The van der Waals surface area contributed by atoms with Crippen LogP contribution in [0.25, 0.3) is 0 Å². The lowest BCUT2D eigenvalue weighted by Crippen LogP contribution is -2.16. The first-order chi connectivity index (χ1) is 11.6. The van der Waals surface area contributed by atoms with E-state index in [1.807, 2.05) is 6.92 Å². The van der Waals surface area contributed by atoms with Gasteiger partial charge in [0.05, 0.1) is 0 Å². The van der Waals surface area contributed by atoms with Crippen molar-refractivity contribution in [1.29, 1.82) is 0 Å². The minimum absolute atomic E-state index is 0.102. The molecule has 1 N–H and O–H groups in total. The van der Waals surface area contributed by atoms with Crippen LogP contribution in [0.3, 0.4) is 0 Å². The van der Waals surface area contributed by atoms with Gasteiger partial charge >= 0.3 is 11.9 Å². The maximum Gasteiger partial charge on any atom is 0.331 e. The second-order valence-corrected chi connectivity index (χ2v) is 6.46. The molecule has 0 aromatic rings. The fraction of sp³-hybridized carbons (Fsp3) is 0.800. The van der Waals surface area contributed by atoms with Crippen molar-refractivity contribution >= 4 is 11.9 Å². The molecule has 0 aromatic carbocycles. The maximum absolute atomic E-state index is 11.4. The third kappa shape index (κ3) is 15.6. The van der Waals surface area contributed by atoms with Crippen LogP contribution in [-0.4, -0.2) is 23.1 Å². The van der Waals surface area contributed by atoms with Gasteiger partial charge in [-0.15, -0.1) is 0 Å². The number of hydrogen-bond donors (Lipinski definition) is 1. The molecule has 0 radical (unpaired) electrons. The average Bonchev–Trinajstić information content (AvgIpc) is 2.56. The molecule has 0 heterocycles. The molecule has 4 heteroatoms. The molecule has 140 valence electrons. The van der Waals surface area contributed by atoms with Gasteiger partial charge in [0.25, 0.3) is 0 Å². The van der Waals surface area contributed by atoms with E-state index >= 15 is 0 Å². The zero-order chi connectivity index (χ0) is 18.0. The molecule has 0 aliphatic carbocycles. The van der Waals surface area contributed by atoms with Gasteiger partial charge < -0.3 is 9.84 Å². The zero-order valence-electron chi connectivity index (χ0n) is 15.6. The molecule has 0 amide bonds. The number of carbonyl (C=O) groups is 2. The normalized spacial score (nSPS) is 12.4. The highest BCUT2D eigenvalue weighted by Crippen LogP contribution is 2.14.